The molecular weight excluding hydrogens is 467 g/mol. The minimum Gasteiger partial charge on any atom is -0.483 e. The molecule has 3 aromatic rings. The average Bonchev–Trinajstić information content (AvgIpc) is 3.11. The summed E-state index contributed by atoms with van der Waals surface area (Å²) >= 11 is 4.74. The van der Waals surface area contributed by atoms with Crippen molar-refractivity contribution in [3.63, 3.8) is 0 Å². The lowest BCUT2D eigenvalue weighted by Gasteiger charge is -2.15. The number of hydrogen-bond acceptors (Lipinski definition) is 4. The zero-order valence-corrected chi connectivity index (χ0v) is 18.2. The Bertz CT molecular complexity index is 960. The third-order valence-electron chi connectivity index (χ3n) is 4.17. The molecule has 9 heteroatoms. The van der Waals surface area contributed by atoms with Gasteiger partial charge in [0.05, 0.1) is 5.56 Å². The van der Waals surface area contributed by atoms with Crippen LogP contribution in [0.5, 0.6) is 5.75 Å². The summed E-state index contributed by atoms with van der Waals surface area (Å²) in [5, 5.41) is 9.11. The van der Waals surface area contributed by atoms with Crippen LogP contribution in [0.15, 0.2) is 58.2 Å². The SMILES string of the molecule is CCn1c(SCc2cccc(C(F)(F)F)c2)nnc1C(C)Oc1ccc(Br)cc1. The molecule has 0 fully saturated rings. The Kier molecular flexibility index (Phi) is 6.89. The monoisotopic (exact) mass is 485 g/mol. The van der Waals surface area contributed by atoms with Crippen LogP contribution in [0.25, 0.3) is 0 Å². The van der Waals surface area contributed by atoms with E-state index in [9.17, 15) is 13.2 Å². The molecule has 0 N–H and O–H groups in total. The van der Waals surface area contributed by atoms with Gasteiger partial charge in [-0.15, -0.1) is 10.2 Å². The van der Waals surface area contributed by atoms with Gasteiger partial charge in [0.2, 0.25) is 0 Å². The Hall–Kier alpha value is -2.00. The van der Waals surface area contributed by atoms with Crippen LogP contribution in [-0.2, 0) is 18.5 Å². The number of alkyl halides is 3. The van der Waals surface area contributed by atoms with E-state index in [4.69, 9.17) is 4.74 Å². The quantitative estimate of drug-likeness (QED) is 0.357. The van der Waals surface area contributed by atoms with E-state index in [1.54, 1.807) is 6.07 Å². The van der Waals surface area contributed by atoms with Crippen molar-refractivity contribution < 1.29 is 17.9 Å². The summed E-state index contributed by atoms with van der Waals surface area (Å²) in [5.41, 5.74) is -0.0686. The largest absolute Gasteiger partial charge is 0.483 e. The van der Waals surface area contributed by atoms with Gasteiger partial charge < -0.3 is 9.30 Å². The maximum absolute atomic E-state index is 12.9. The maximum Gasteiger partial charge on any atom is 0.416 e. The van der Waals surface area contributed by atoms with E-state index in [-0.39, 0.29) is 6.10 Å². The van der Waals surface area contributed by atoms with Gasteiger partial charge in [-0.1, -0.05) is 45.9 Å². The molecule has 154 valence electrons. The molecule has 29 heavy (non-hydrogen) atoms. The van der Waals surface area contributed by atoms with Crippen LogP contribution >= 0.6 is 27.7 Å². The maximum atomic E-state index is 12.9. The molecular formula is C20H19BrF3N3OS. The predicted molar refractivity (Wildman–Crippen MR) is 110 cm³/mol. The zero-order valence-electron chi connectivity index (χ0n) is 15.8. The Morgan fingerprint density at radius 3 is 2.52 bits per heavy atom. The number of thioether (sulfide) groups is 1. The molecule has 1 atom stereocenters. The van der Waals surface area contributed by atoms with Crippen molar-refractivity contribution in [1.82, 2.24) is 14.8 Å². The second kappa shape index (κ2) is 9.21. The Balaban J connectivity index is 1.71. The molecule has 2 aromatic carbocycles. The van der Waals surface area contributed by atoms with Crippen LogP contribution < -0.4 is 4.74 Å². The third kappa shape index (κ3) is 5.54. The molecule has 4 nitrogen and oxygen atoms in total. The first kappa shape index (κ1) is 21.7. The number of nitrogens with zero attached hydrogens (tertiary/aromatic N) is 3. The summed E-state index contributed by atoms with van der Waals surface area (Å²) < 4.78 is 47.5. The topological polar surface area (TPSA) is 39.9 Å². The van der Waals surface area contributed by atoms with E-state index < -0.39 is 11.7 Å². The fraction of sp³-hybridized carbons (Fsp3) is 0.300. The van der Waals surface area contributed by atoms with Crippen molar-refractivity contribution >= 4 is 27.7 Å². The van der Waals surface area contributed by atoms with E-state index in [2.05, 4.69) is 26.1 Å². The highest BCUT2D eigenvalue weighted by Gasteiger charge is 2.30. The first-order valence-electron chi connectivity index (χ1n) is 8.92. The highest BCUT2D eigenvalue weighted by atomic mass is 79.9. The molecule has 3 rings (SSSR count). The Labute approximate surface area is 179 Å². The van der Waals surface area contributed by atoms with E-state index in [0.29, 0.717) is 34.6 Å². The molecule has 1 aromatic heterocycles. The molecule has 1 heterocycles. The molecule has 0 aliphatic carbocycles. The lowest BCUT2D eigenvalue weighted by Crippen LogP contribution is -2.12. The van der Waals surface area contributed by atoms with Crippen molar-refractivity contribution in [2.45, 2.75) is 43.6 Å². The minimum atomic E-state index is -4.35. The Morgan fingerprint density at radius 1 is 1.14 bits per heavy atom. The average molecular weight is 486 g/mol. The molecule has 0 bridgehead atoms. The summed E-state index contributed by atoms with van der Waals surface area (Å²) in [7, 11) is 0. The molecule has 0 saturated carbocycles. The van der Waals surface area contributed by atoms with E-state index >= 15 is 0 Å². The lowest BCUT2D eigenvalue weighted by atomic mass is 10.1. The predicted octanol–water partition coefficient (Wildman–Crippen LogP) is 6.51. The fourth-order valence-corrected chi connectivity index (χ4v) is 3.98. The number of rotatable bonds is 7. The van der Waals surface area contributed by atoms with Gasteiger partial charge in [0, 0.05) is 16.8 Å². The first-order chi connectivity index (χ1) is 13.8. The highest BCUT2D eigenvalue weighted by molar-refractivity contribution is 9.10. The smallest absolute Gasteiger partial charge is 0.416 e. The van der Waals surface area contributed by atoms with Gasteiger partial charge in [-0.05, 0) is 49.7 Å². The van der Waals surface area contributed by atoms with Crippen molar-refractivity contribution in [1.29, 1.82) is 0 Å². The van der Waals surface area contributed by atoms with Gasteiger partial charge in [0.1, 0.15) is 5.75 Å². The van der Waals surface area contributed by atoms with E-state index in [1.807, 2.05) is 42.7 Å². The highest BCUT2D eigenvalue weighted by Crippen LogP contribution is 2.31. The summed E-state index contributed by atoms with van der Waals surface area (Å²) in [5.74, 6) is 1.75. The first-order valence-corrected chi connectivity index (χ1v) is 10.7. The number of halogens is 4. The Morgan fingerprint density at radius 2 is 1.86 bits per heavy atom. The van der Waals surface area contributed by atoms with Crippen LogP contribution in [0.2, 0.25) is 0 Å². The normalized spacial score (nSPS) is 12.8. The van der Waals surface area contributed by atoms with Gasteiger partial charge in [-0.25, -0.2) is 0 Å². The van der Waals surface area contributed by atoms with Gasteiger partial charge in [-0.2, -0.15) is 13.2 Å². The van der Waals surface area contributed by atoms with Crippen LogP contribution in [0.1, 0.15) is 36.9 Å². The zero-order chi connectivity index (χ0) is 21.0. The molecule has 0 amide bonds. The van der Waals surface area contributed by atoms with Crippen molar-refractivity contribution in [2.24, 2.45) is 0 Å². The van der Waals surface area contributed by atoms with Crippen molar-refractivity contribution in [3.05, 3.63) is 70.0 Å². The summed E-state index contributed by atoms with van der Waals surface area (Å²) in [6, 6.07) is 12.8. The van der Waals surface area contributed by atoms with Crippen LogP contribution in [-0.4, -0.2) is 14.8 Å². The summed E-state index contributed by atoms with van der Waals surface area (Å²) in [6.07, 6.45) is -4.68. The number of hydrogen-bond donors (Lipinski definition) is 0. The van der Waals surface area contributed by atoms with Crippen LogP contribution in [0.3, 0.4) is 0 Å². The summed E-state index contributed by atoms with van der Waals surface area (Å²) in [6.45, 7) is 4.48. The number of aromatic nitrogens is 3. The molecule has 0 spiro atoms. The molecule has 0 saturated heterocycles. The molecule has 1 unspecified atom stereocenters. The van der Waals surface area contributed by atoms with Gasteiger partial charge in [0.15, 0.2) is 17.1 Å². The third-order valence-corrected chi connectivity index (χ3v) is 5.74. The second-order valence-electron chi connectivity index (χ2n) is 6.29. The molecule has 0 aliphatic rings. The number of benzene rings is 2. The minimum absolute atomic E-state index is 0.327. The van der Waals surface area contributed by atoms with Crippen molar-refractivity contribution in [3.8, 4) is 5.75 Å². The van der Waals surface area contributed by atoms with Gasteiger partial charge >= 0.3 is 6.18 Å². The molecule has 0 aliphatic heterocycles. The van der Waals surface area contributed by atoms with E-state index in [1.165, 1.54) is 23.9 Å². The van der Waals surface area contributed by atoms with Gasteiger partial charge in [-0.3, -0.25) is 0 Å². The second-order valence-corrected chi connectivity index (χ2v) is 8.14. The van der Waals surface area contributed by atoms with E-state index in [0.717, 1.165) is 10.5 Å². The fourth-order valence-electron chi connectivity index (χ4n) is 2.76. The van der Waals surface area contributed by atoms with Crippen molar-refractivity contribution in [2.75, 3.05) is 0 Å². The lowest BCUT2D eigenvalue weighted by molar-refractivity contribution is -0.137. The number of ether oxygens (including phenoxy) is 1. The molecule has 0 radical (unpaired) electrons. The standard InChI is InChI=1S/C20H19BrF3N3OS/c1-3-27-18(13(2)28-17-9-7-16(21)8-10-17)25-26-19(27)29-12-14-5-4-6-15(11-14)20(22,23)24/h4-11,13H,3,12H2,1-2H3. The summed E-state index contributed by atoms with van der Waals surface area (Å²) in [4.78, 5) is 0. The van der Waals surface area contributed by atoms with Crippen LogP contribution in [0.4, 0.5) is 13.2 Å². The van der Waals surface area contributed by atoms with Gasteiger partial charge in [0.25, 0.3) is 0 Å². The van der Waals surface area contributed by atoms with Crippen LogP contribution in [0, 0.1) is 0 Å².